The van der Waals surface area contributed by atoms with Crippen molar-refractivity contribution in [3.05, 3.63) is 72.7 Å². The predicted octanol–water partition coefficient (Wildman–Crippen LogP) is 3.96. The highest BCUT2D eigenvalue weighted by Crippen LogP contribution is 2.18. The highest BCUT2D eigenvalue weighted by Gasteiger charge is 2.03. The number of benzene rings is 2. The molecule has 1 aromatic heterocycles. The van der Waals surface area contributed by atoms with E-state index in [0.717, 1.165) is 16.5 Å². The Morgan fingerprint density at radius 1 is 1.04 bits per heavy atom. The van der Waals surface area contributed by atoms with Crippen molar-refractivity contribution in [3.8, 4) is 0 Å². The Balaban J connectivity index is 1.60. The zero-order chi connectivity index (χ0) is 16.1. The average Bonchev–Trinajstić information content (AvgIpc) is 3.06. The Kier molecular flexibility index (Phi) is 4.49. The fraction of sp³-hybridized carbons (Fsp3) is 0. The molecule has 0 spiro atoms. The van der Waals surface area contributed by atoms with E-state index in [4.69, 9.17) is 16.6 Å². The molecular weight excluding hydrogens is 308 g/mol. The lowest BCUT2D eigenvalue weighted by Gasteiger charge is -2.09. The average molecular weight is 322 g/mol. The van der Waals surface area contributed by atoms with E-state index in [0.29, 0.717) is 5.76 Å². The molecule has 0 bridgehead atoms. The van der Waals surface area contributed by atoms with Crippen LogP contribution < -0.4 is 10.6 Å². The maximum Gasteiger partial charge on any atom is 0.250 e. The molecule has 0 aliphatic heterocycles. The Hall–Kier alpha value is -2.92. The number of furan rings is 1. The molecule has 0 atom stereocenters. The van der Waals surface area contributed by atoms with Gasteiger partial charge in [0.1, 0.15) is 5.76 Å². The number of amides is 1. The van der Waals surface area contributed by atoms with Gasteiger partial charge in [-0.2, -0.15) is 0 Å². The number of thiocarbonyl (C=S) groups is 1. The van der Waals surface area contributed by atoms with Crippen molar-refractivity contribution in [2.45, 2.75) is 0 Å². The van der Waals surface area contributed by atoms with E-state index < -0.39 is 0 Å². The van der Waals surface area contributed by atoms with Gasteiger partial charge in [0.25, 0.3) is 0 Å². The van der Waals surface area contributed by atoms with Crippen molar-refractivity contribution in [2.75, 3.05) is 5.32 Å². The summed E-state index contributed by atoms with van der Waals surface area (Å²) in [7, 11) is 0. The van der Waals surface area contributed by atoms with Crippen molar-refractivity contribution in [1.29, 1.82) is 0 Å². The molecule has 1 amide bonds. The second-order valence-corrected chi connectivity index (χ2v) is 5.26. The number of hydrogen-bond acceptors (Lipinski definition) is 3. The zero-order valence-corrected chi connectivity index (χ0v) is 13.0. The molecule has 0 unspecified atom stereocenters. The van der Waals surface area contributed by atoms with Gasteiger partial charge in [0.15, 0.2) is 5.11 Å². The predicted molar refractivity (Wildman–Crippen MR) is 96.1 cm³/mol. The number of carbonyl (C=O) groups excluding carboxylic acids is 1. The molecule has 1 heterocycles. The lowest BCUT2D eigenvalue weighted by molar-refractivity contribution is -0.115. The molecule has 0 aliphatic carbocycles. The summed E-state index contributed by atoms with van der Waals surface area (Å²) in [5, 5.41) is 8.09. The first kappa shape index (κ1) is 15.0. The third-order valence-corrected chi connectivity index (χ3v) is 3.39. The van der Waals surface area contributed by atoms with Crippen molar-refractivity contribution in [2.24, 2.45) is 0 Å². The fourth-order valence-electron chi connectivity index (χ4n) is 2.13. The molecule has 5 heteroatoms. The second-order valence-electron chi connectivity index (χ2n) is 4.85. The molecule has 3 aromatic rings. The molecular formula is C18H14N2O2S. The van der Waals surface area contributed by atoms with Crippen LogP contribution in [0.2, 0.25) is 0 Å². The zero-order valence-electron chi connectivity index (χ0n) is 12.2. The van der Waals surface area contributed by atoms with E-state index >= 15 is 0 Å². The maximum absolute atomic E-state index is 11.8. The minimum atomic E-state index is -0.320. The normalized spacial score (nSPS) is 10.8. The van der Waals surface area contributed by atoms with Crippen LogP contribution in [0.4, 0.5) is 5.69 Å². The topological polar surface area (TPSA) is 54.3 Å². The highest BCUT2D eigenvalue weighted by atomic mass is 32.1. The molecule has 0 saturated heterocycles. The van der Waals surface area contributed by atoms with Crippen LogP contribution in [-0.4, -0.2) is 11.0 Å². The van der Waals surface area contributed by atoms with E-state index in [1.54, 1.807) is 24.5 Å². The summed E-state index contributed by atoms with van der Waals surface area (Å²) in [6.45, 7) is 0. The van der Waals surface area contributed by atoms with Crippen LogP contribution in [0.15, 0.2) is 71.4 Å². The monoisotopic (exact) mass is 322 g/mol. The van der Waals surface area contributed by atoms with Gasteiger partial charge in [-0.3, -0.25) is 10.1 Å². The van der Waals surface area contributed by atoms with Crippen LogP contribution >= 0.6 is 12.2 Å². The Morgan fingerprint density at radius 2 is 1.87 bits per heavy atom. The standard InChI is InChI=1S/C18H14N2O2S/c21-17(10-9-16-6-3-11-22-16)20-18(23)19-15-8-7-13-4-1-2-5-14(13)12-15/h1-12H,(H2,19,20,21,23)/b10-9+. The molecule has 0 radical (unpaired) electrons. The molecule has 2 aromatic carbocycles. The third-order valence-electron chi connectivity index (χ3n) is 3.19. The maximum atomic E-state index is 11.8. The van der Waals surface area contributed by atoms with Gasteiger partial charge in [-0.15, -0.1) is 0 Å². The minimum absolute atomic E-state index is 0.245. The minimum Gasteiger partial charge on any atom is -0.465 e. The quantitative estimate of drug-likeness (QED) is 0.566. The molecule has 23 heavy (non-hydrogen) atoms. The SMILES string of the molecule is O=C(/C=C/c1ccco1)NC(=S)Nc1ccc2ccccc2c1. The molecule has 2 N–H and O–H groups in total. The van der Waals surface area contributed by atoms with Gasteiger partial charge >= 0.3 is 0 Å². The van der Waals surface area contributed by atoms with Crippen LogP contribution in [0.25, 0.3) is 16.8 Å². The number of fused-ring (bicyclic) bond motifs is 1. The molecule has 0 aliphatic rings. The number of carbonyl (C=O) groups is 1. The number of anilines is 1. The third kappa shape index (κ3) is 4.05. The van der Waals surface area contributed by atoms with Gasteiger partial charge < -0.3 is 9.73 Å². The van der Waals surface area contributed by atoms with Crippen LogP contribution in [0.3, 0.4) is 0 Å². The van der Waals surface area contributed by atoms with Gasteiger partial charge in [-0.25, -0.2) is 0 Å². The number of rotatable bonds is 3. The van der Waals surface area contributed by atoms with E-state index in [-0.39, 0.29) is 11.0 Å². The number of nitrogens with one attached hydrogen (secondary N) is 2. The lowest BCUT2D eigenvalue weighted by Crippen LogP contribution is -2.32. The lowest BCUT2D eigenvalue weighted by atomic mass is 10.1. The molecule has 0 fully saturated rings. The van der Waals surface area contributed by atoms with E-state index in [2.05, 4.69) is 10.6 Å². The number of hydrogen-bond donors (Lipinski definition) is 2. The Bertz CT molecular complexity index is 870. The van der Waals surface area contributed by atoms with Gasteiger partial charge in [-0.05, 0) is 53.3 Å². The fourth-order valence-corrected chi connectivity index (χ4v) is 2.35. The Morgan fingerprint density at radius 3 is 2.65 bits per heavy atom. The van der Waals surface area contributed by atoms with E-state index in [9.17, 15) is 4.79 Å². The van der Waals surface area contributed by atoms with Crippen LogP contribution in [0, 0.1) is 0 Å². The summed E-state index contributed by atoms with van der Waals surface area (Å²) in [4.78, 5) is 11.8. The van der Waals surface area contributed by atoms with Gasteiger partial charge in [0.2, 0.25) is 5.91 Å². The van der Waals surface area contributed by atoms with Gasteiger partial charge in [0, 0.05) is 11.8 Å². The van der Waals surface area contributed by atoms with Crippen LogP contribution in [-0.2, 0) is 4.79 Å². The smallest absolute Gasteiger partial charge is 0.250 e. The van der Waals surface area contributed by atoms with E-state index in [1.807, 2.05) is 42.5 Å². The summed E-state index contributed by atoms with van der Waals surface area (Å²) in [6.07, 6.45) is 4.49. The van der Waals surface area contributed by atoms with Crippen LogP contribution in [0.5, 0.6) is 0 Å². The summed E-state index contributed by atoms with van der Waals surface area (Å²) in [5.41, 5.74) is 0.823. The first-order valence-corrected chi connectivity index (χ1v) is 7.44. The second kappa shape index (κ2) is 6.89. The summed E-state index contributed by atoms with van der Waals surface area (Å²) in [5.74, 6) is 0.285. The van der Waals surface area contributed by atoms with Crippen molar-refractivity contribution >= 4 is 45.8 Å². The Labute approximate surface area is 138 Å². The van der Waals surface area contributed by atoms with Crippen molar-refractivity contribution in [1.82, 2.24) is 5.32 Å². The van der Waals surface area contributed by atoms with Crippen LogP contribution in [0.1, 0.15) is 5.76 Å². The summed E-state index contributed by atoms with van der Waals surface area (Å²) >= 11 is 5.15. The summed E-state index contributed by atoms with van der Waals surface area (Å²) < 4.78 is 5.11. The first-order valence-electron chi connectivity index (χ1n) is 7.03. The largest absolute Gasteiger partial charge is 0.465 e. The molecule has 4 nitrogen and oxygen atoms in total. The van der Waals surface area contributed by atoms with Gasteiger partial charge in [0.05, 0.1) is 6.26 Å². The summed E-state index contributed by atoms with van der Waals surface area (Å²) in [6, 6.07) is 17.4. The first-order chi connectivity index (χ1) is 11.2. The molecule has 114 valence electrons. The molecule has 0 saturated carbocycles. The highest BCUT2D eigenvalue weighted by molar-refractivity contribution is 7.80. The van der Waals surface area contributed by atoms with Crippen molar-refractivity contribution in [3.63, 3.8) is 0 Å². The molecule has 3 rings (SSSR count). The van der Waals surface area contributed by atoms with E-state index in [1.165, 1.54) is 6.08 Å². The van der Waals surface area contributed by atoms with Crippen molar-refractivity contribution < 1.29 is 9.21 Å². The van der Waals surface area contributed by atoms with Gasteiger partial charge in [-0.1, -0.05) is 30.3 Å².